The molecular weight excluding hydrogens is 340 g/mol. The van der Waals surface area contributed by atoms with Crippen LogP contribution in [0, 0.1) is 0 Å². The number of fused-ring (bicyclic) bond motifs is 1. The molecule has 1 amide bonds. The maximum atomic E-state index is 13.2. The lowest BCUT2D eigenvalue weighted by atomic mass is 10.0. The van der Waals surface area contributed by atoms with E-state index in [1.165, 1.54) is 30.5 Å². The zero-order valence-corrected chi connectivity index (χ0v) is 15.0. The van der Waals surface area contributed by atoms with E-state index in [2.05, 4.69) is 5.32 Å². The Morgan fingerprint density at radius 2 is 1.96 bits per heavy atom. The summed E-state index contributed by atoms with van der Waals surface area (Å²) in [5.74, 6) is 0.115. The highest BCUT2D eigenvalue weighted by molar-refractivity contribution is 7.92. The second kappa shape index (κ2) is 6.76. The van der Waals surface area contributed by atoms with E-state index in [4.69, 9.17) is 4.74 Å². The van der Waals surface area contributed by atoms with Crippen molar-refractivity contribution in [3.63, 3.8) is 0 Å². The third-order valence-electron chi connectivity index (χ3n) is 4.14. The summed E-state index contributed by atoms with van der Waals surface area (Å²) in [6.07, 6.45) is 1.63. The quantitative estimate of drug-likeness (QED) is 0.910. The van der Waals surface area contributed by atoms with Crippen LogP contribution in [0.2, 0.25) is 0 Å². The second-order valence-electron chi connectivity index (χ2n) is 5.85. The lowest BCUT2D eigenvalue weighted by Gasteiger charge is -2.30. The van der Waals surface area contributed by atoms with Crippen molar-refractivity contribution in [1.29, 1.82) is 0 Å². The van der Waals surface area contributed by atoms with Gasteiger partial charge in [-0.1, -0.05) is 18.2 Å². The van der Waals surface area contributed by atoms with E-state index in [-0.39, 0.29) is 10.8 Å². The maximum Gasteiger partial charge on any atom is 0.264 e. The molecule has 0 fully saturated rings. The molecule has 2 aromatic carbocycles. The van der Waals surface area contributed by atoms with Gasteiger partial charge in [0.2, 0.25) is 5.91 Å². The van der Waals surface area contributed by atoms with E-state index in [9.17, 15) is 13.2 Å². The molecule has 1 aliphatic rings. The molecule has 0 bridgehead atoms. The lowest BCUT2D eigenvalue weighted by Crippen LogP contribution is -2.35. The number of nitrogens with one attached hydrogen (secondary N) is 1. The number of methoxy groups -OCH3 is 1. The summed E-state index contributed by atoms with van der Waals surface area (Å²) in [4.78, 5) is 11.5. The monoisotopic (exact) mass is 360 g/mol. The normalized spacial score (nSPS) is 13.9. The van der Waals surface area contributed by atoms with Crippen LogP contribution < -0.4 is 14.4 Å². The number of sulfonamides is 1. The topological polar surface area (TPSA) is 75.7 Å². The van der Waals surface area contributed by atoms with Crippen molar-refractivity contribution in [2.45, 2.75) is 24.7 Å². The summed E-state index contributed by atoms with van der Waals surface area (Å²) in [6, 6.07) is 12.0. The van der Waals surface area contributed by atoms with Gasteiger partial charge in [0.15, 0.2) is 0 Å². The molecule has 0 aromatic heterocycles. The van der Waals surface area contributed by atoms with Crippen LogP contribution in [0.15, 0.2) is 47.4 Å². The molecule has 3 rings (SSSR count). The number of para-hydroxylation sites is 1. The van der Waals surface area contributed by atoms with Crippen molar-refractivity contribution in [3.05, 3.63) is 48.0 Å². The number of carbonyl (C=O) groups excluding carboxylic acids is 1. The molecule has 0 radical (unpaired) electrons. The minimum Gasteiger partial charge on any atom is -0.495 e. The van der Waals surface area contributed by atoms with Gasteiger partial charge in [-0.25, -0.2) is 8.42 Å². The maximum absolute atomic E-state index is 13.2. The number of hydrogen-bond donors (Lipinski definition) is 1. The number of benzene rings is 2. The largest absolute Gasteiger partial charge is 0.495 e. The molecule has 25 heavy (non-hydrogen) atoms. The fraction of sp³-hybridized carbons (Fsp3) is 0.278. The van der Waals surface area contributed by atoms with Gasteiger partial charge in [-0.15, -0.1) is 0 Å². The molecular formula is C18H20N2O4S. The molecule has 0 unspecified atom stereocenters. The van der Waals surface area contributed by atoms with Gasteiger partial charge in [-0.2, -0.15) is 0 Å². The Bertz CT molecular complexity index is 909. The summed E-state index contributed by atoms with van der Waals surface area (Å²) >= 11 is 0. The predicted octanol–water partition coefficient (Wildman–Crippen LogP) is 2.80. The first-order valence-corrected chi connectivity index (χ1v) is 9.44. The van der Waals surface area contributed by atoms with Crippen LogP contribution >= 0.6 is 0 Å². The number of amides is 1. The highest BCUT2D eigenvalue weighted by Crippen LogP contribution is 2.34. The molecule has 0 aliphatic carbocycles. The first-order valence-electron chi connectivity index (χ1n) is 8.00. The Balaban J connectivity index is 2.05. The number of nitrogens with zero attached hydrogens (tertiary/aromatic N) is 1. The third-order valence-corrected chi connectivity index (χ3v) is 5.95. The molecule has 7 heteroatoms. The third kappa shape index (κ3) is 3.32. The van der Waals surface area contributed by atoms with Gasteiger partial charge in [-0.05, 0) is 42.7 Å². The predicted molar refractivity (Wildman–Crippen MR) is 96.6 cm³/mol. The van der Waals surface area contributed by atoms with Gasteiger partial charge in [0.25, 0.3) is 10.0 Å². The van der Waals surface area contributed by atoms with Gasteiger partial charge >= 0.3 is 0 Å². The SMILES string of the molecule is COc1ccc(S(=O)(=O)N2CCCc3ccccc32)cc1NC(C)=O. The van der Waals surface area contributed by atoms with Gasteiger partial charge < -0.3 is 10.1 Å². The van der Waals surface area contributed by atoms with E-state index in [0.29, 0.717) is 23.7 Å². The van der Waals surface area contributed by atoms with Crippen molar-refractivity contribution >= 4 is 27.3 Å². The van der Waals surface area contributed by atoms with Crippen molar-refractivity contribution in [2.24, 2.45) is 0 Å². The first-order chi connectivity index (χ1) is 11.9. The molecule has 0 spiro atoms. The fourth-order valence-corrected chi connectivity index (χ4v) is 4.58. The average Bonchev–Trinajstić information content (AvgIpc) is 2.60. The summed E-state index contributed by atoms with van der Waals surface area (Å²) in [5, 5.41) is 2.61. The van der Waals surface area contributed by atoms with E-state index in [1.54, 1.807) is 6.07 Å². The molecule has 0 saturated carbocycles. The van der Waals surface area contributed by atoms with E-state index < -0.39 is 10.0 Å². The Hall–Kier alpha value is -2.54. The highest BCUT2D eigenvalue weighted by atomic mass is 32.2. The molecule has 6 nitrogen and oxygen atoms in total. The molecule has 1 N–H and O–H groups in total. The Kier molecular flexibility index (Phi) is 4.67. The van der Waals surface area contributed by atoms with Crippen molar-refractivity contribution in [2.75, 3.05) is 23.3 Å². The summed E-state index contributed by atoms with van der Waals surface area (Å²) in [6.45, 7) is 1.79. The van der Waals surface area contributed by atoms with Gasteiger partial charge in [-0.3, -0.25) is 9.10 Å². The highest BCUT2D eigenvalue weighted by Gasteiger charge is 2.29. The van der Waals surface area contributed by atoms with E-state index in [1.807, 2.05) is 24.3 Å². The van der Waals surface area contributed by atoms with Crippen LogP contribution in [-0.4, -0.2) is 28.0 Å². The van der Waals surface area contributed by atoms with Crippen LogP contribution in [0.4, 0.5) is 11.4 Å². The van der Waals surface area contributed by atoms with Crippen LogP contribution in [0.5, 0.6) is 5.75 Å². The average molecular weight is 360 g/mol. The summed E-state index contributed by atoms with van der Waals surface area (Å²) in [7, 11) is -2.26. The Labute approximate surface area is 147 Å². The van der Waals surface area contributed by atoms with Crippen LogP contribution in [0.25, 0.3) is 0 Å². The number of ether oxygens (including phenoxy) is 1. The summed E-state index contributed by atoms with van der Waals surface area (Å²) in [5.41, 5.74) is 2.07. The fourth-order valence-electron chi connectivity index (χ4n) is 3.01. The molecule has 2 aromatic rings. The number of hydrogen-bond acceptors (Lipinski definition) is 4. The lowest BCUT2D eigenvalue weighted by molar-refractivity contribution is -0.114. The number of carbonyl (C=O) groups is 1. The zero-order chi connectivity index (χ0) is 18.0. The second-order valence-corrected chi connectivity index (χ2v) is 7.72. The van der Waals surface area contributed by atoms with Crippen molar-refractivity contribution in [1.82, 2.24) is 0 Å². The molecule has 1 aliphatic heterocycles. The molecule has 1 heterocycles. The number of rotatable bonds is 4. The molecule has 0 saturated heterocycles. The minimum atomic E-state index is -3.73. The van der Waals surface area contributed by atoms with Crippen molar-refractivity contribution < 1.29 is 17.9 Å². The van der Waals surface area contributed by atoms with E-state index >= 15 is 0 Å². The van der Waals surface area contributed by atoms with E-state index in [0.717, 1.165) is 18.4 Å². The number of aryl methyl sites for hydroxylation is 1. The minimum absolute atomic E-state index is 0.119. The Morgan fingerprint density at radius 1 is 1.20 bits per heavy atom. The van der Waals surface area contributed by atoms with Crippen molar-refractivity contribution in [3.8, 4) is 5.75 Å². The van der Waals surface area contributed by atoms with Crippen LogP contribution in [0.3, 0.4) is 0 Å². The molecule has 132 valence electrons. The van der Waals surface area contributed by atoms with Crippen LogP contribution in [0.1, 0.15) is 18.9 Å². The van der Waals surface area contributed by atoms with Gasteiger partial charge in [0.1, 0.15) is 5.75 Å². The van der Waals surface area contributed by atoms with Crippen LogP contribution in [-0.2, 0) is 21.2 Å². The zero-order valence-electron chi connectivity index (χ0n) is 14.2. The Morgan fingerprint density at radius 3 is 2.68 bits per heavy atom. The molecule has 0 atom stereocenters. The van der Waals surface area contributed by atoms with Gasteiger partial charge in [0, 0.05) is 13.5 Å². The number of anilines is 2. The van der Waals surface area contributed by atoms with Gasteiger partial charge in [0.05, 0.1) is 23.4 Å². The smallest absolute Gasteiger partial charge is 0.264 e. The summed E-state index contributed by atoms with van der Waals surface area (Å²) < 4.78 is 32.9. The standard InChI is InChI=1S/C18H20N2O4S/c1-13(21)19-16-12-15(9-10-18(16)24-2)25(22,23)20-11-5-7-14-6-3-4-8-17(14)20/h3-4,6,8-10,12H,5,7,11H2,1-2H3,(H,19,21). The first kappa shape index (κ1) is 17.3.